The van der Waals surface area contributed by atoms with Crippen molar-refractivity contribution in [3.63, 3.8) is 0 Å². The first-order valence-electron chi connectivity index (χ1n) is 4.18. The molecule has 0 fully saturated rings. The van der Waals surface area contributed by atoms with Crippen LogP contribution in [0.1, 0.15) is 19.3 Å². The number of amides is 1. The summed E-state index contributed by atoms with van der Waals surface area (Å²) in [6.07, 6.45) is 1.92. The molecule has 0 aromatic rings. The third kappa shape index (κ3) is 7.30. The van der Waals surface area contributed by atoms with Crippen molar-refractivity contribution in [3.8, 4) is 0 Å². The fourth-order valence-electron chi connectivity index (χ4n) is 0.904. The number of unbranched alkanes of at least 4 members (excludes halogenated alkanes) is 1. The minimum absolute atomic E-state index is 0.0624. The van der Waals surface area contributed by atoms with E-state index in [0.717, 1.165) is 25.8 Å². The summed E-state index contributed by atoms with van der Waals surface area (Å²) in [4.78, 5) is 10.1. The molecule has 5 nitrogen and oxygen atoms in total. The Bertz CT molecular complexity index is 130. The molecule has 7 N–H and O–H groups in total. The van der Waals surface area contributed by atoms with Crippen molar-refractivity contribution < 1.29 is 15.6 Å². The first-order chi connectivity index (χ1) is 5.66. The molecule has 0 saturated carbocycles. The van der Waals surface area contributed by atoms with Gasteiger partial charge < -0.3 is 21.9 Å². The van der Waals surface area contributed by atoms with Crippen LogP contribution in [0, 0.1) is 0 Å². The Hall–Kier alpha value is -0.810. The zero-order valence-corrected chi connectivity index (χ0v) is 7.25. The zero-order valence-electron chi connectivity index (χ0n) is 7.25. The average Bonchev–Trinajstić information content (AvgIpc) is 2.01. The Morgan fingerprint density at radius 3 is 2.75 bits per heavy atom. The Balaban J connectivity index is 3.21. The van der Waals surface area contributed by atoms with E-state index in [1.54, 1.807) is 0 Å². The van der Waals surface area contributed by atoms with E-state index in [1.807, 2.05) is 0 Å². The molecule has 5 heteroatoms. The molecule has 0 bridgehead atoms. The molecule has 0 heterocycles. The molecule has 0 aromatic heterocycles. The Labute approximate surface area is 72.1 Å². The lowest BCUT2D eigenvalue weighted by Crippen LogP contribution is -2.50. The van der Waals surface area contributed by atoms with Crippen molar-refractivity contribution >= 4 is 6.09 Å². The van der Waals surface area contributed by atoms with Crippen LogP contribution >= 0.6 is 0 Å². The molecular weight excluding hydrogens is 158 g/mol. The Morgan fingerprint density at radius 2 is 2.25 bits per heavy atom. The maximum absolute atomic E-state index is 10.1. The number of nitrogens with one attached hydrogen (secondary N) is 1. The second-order valence-electron chi connectivity index (χ2n) is 2.80. The van der Waals surface area contributed by atoms with Crippen LogP contribution in [0.2, 0.25) is 0 Å². The molecule has 0 spiro atoms. The van der Waals surface area contributed by atoms with Crippen LogP contribution < -0.4 is 16.8 Å². The molecule has 1 amide bonds. The fourth-order valence-corrected chi connectivity index (χ4v) is 0.904. The van der Waals surface area contributed by atoms with Crippen LogP contribution in [-0.4, -0.2) is 30.3 Å². The van der Waals surface area contributed by atoms with Crippen molar-refractivity contribution in [3.05, 3.63) is 0 Å². The summed E-state index contributed by atoms with van der Waals surface area (Å²) in [6.45, 7) is 1.26. The van der Waals surface area contributed by atoms with Crippen LogP contribution in [0.4, 0.5) is 4.79 Å². The predicted molar refractivity (Wildman–Crippen MR) is 45.6 cm³/mol. The maximum Gasteiger partial charge on any atom is 0.404 e. The van der Waals surface area contributed by atoms with E-state index in [9.17, 15) is 4.79 Å². The maximum atomic E-state index is 10.1. The molecule has 12 heavy (non-hydrogen) atoms. The first kappa shape index (κ1) is 11.2. The van der Waals surface area contributed by atoms with Gasteiger partial charge in [0.1, 0.15) is 0 Å². The molecule has 0 aliphatic carbocycles. The summed E-state index contributed by atoms with van der Waals surface area (Å²) in [5.41, 5.74) is 9.32. The SMILES string of the molecule is N[C@@H](CCCC[NH3+])CNC(=O)O. The lowest BCUT2D eigenvalue weighted by Gasteiger charge is -2.09. The number of rotatable bonds is 6. The van der Waals surface area contributed by atoms with E-state index in [-0.39, 0.29) is 6.04 Å². The minimum atomic E-state index is -1.01. The molecular formula is C7H18N3O2+. The van der Waals surface area contributed by atoms with Crippen LogP contribution in [0.15, 0.2) is 0 Å². The zero-order chi connectivity index (χ0) is 9.40. The largest absolute Gasteiger partial charge is 0.465 e. The van der Waals surface area contributed by atoms with Crippen molar-refractivity contribution in [2.45, 2.75) is 25.3 Å². The minimum Gasteiger partial charge on any atom is -0.465 e. The summed E-state index contributed by atoms with van der Waals surface area (Å²) in [7, 11) is 0. The standard InChI is InChI=1S/C7H17N3O2/c8-4-2-1-3-6(9)5-10-7(11)12/h6,10H,1-5,8-9H2,(H,11,12)/p+1/t6-/m0/s1. The van der Waals surface area contributed by atoms with Gasteiger partial charge in [-0.3, -0.25) is 0 Å². The molecule has 0 aliphatic rings. The van der Waals surface area contributed by atoms with E-state index in [0.29, 0.717) is 6.54 Å². The summed E-state index contributed by atoms with van der Waals surface area (Å²) in [5.74, 6) is 0. The van der Waals surface area contributed by atoms with Gasteiger partial charge in [-0.15, -0.1) is 0 Å². The smallest absolute Gasteiger partial charge is 0.404 e. The van der Waals surface area contributed by atoms with Gasteiger partial charge >= 0.3 is 6.09 Å². The van der Waals surface area contributed by atoms with Gasteiger partial charge in [0.25, 0.3) is 0 Å². The van der Waals surface area contributed by atoms with Gasteiger partial charge in [0.15, 0.2) is 0 Å². The monoisotopic (exact) mass is 176 g/mol. The highest BCUT2D eigenvalue weighted by Crippen LogP contribution is 1.95. The van der Waals surface area contributed by atoms with Crippen LogP contribution in [0.25, 0.3) is 0 Å². The third-order valence-electron chi connectivity index (χ3n) is 1.59. The van der Waals surface area contributed by atoms with E-state index in [1.165, 1.54) is 0 Å². The third-order valence-corrected chi connectivity index (χ3v) is 1.59. The molecule has 0 aliphatic heterocycles. The second-order valence-corrected chi connectivity index (χ2v) is 2.80. The van der Waals surface area contributed by atoms with Gasteiger partial charge in [0.2, 0.25) is 0 Å². The van der Waals surface area contributed by atoms with E-state index >= 15 is 0 Å². The normalized spacial score (nSPS) is 12.5. The molecule has 0 rings (SSSR count). The van der Waals surface area contributed by atoms with Gasteiger partial charge in [0, 0.05) is 12.6 Å². The molecule has 72 valence electrons. The summed E-state index contributed by atoms with van der Waals surface area (Å²) in [5, 5.41) is 10.5. The second kappa shape index (κ2) is 6.87. The Morgan fingerprint density at radius 1 is 1.58 bits per heavy atom. The van der Waals surface area contributed by atoms with E-state index < -0.39 is 6.09 Å². The summed E-state index contributed by atoms with van der Waals surface area (Å²) >= 11 is 0. The van der Waals surface area contributed by atoms with E-state index in [2.05, 4.69) is 11.1 Å². The van der Waals surface area contributed by atoms with Gasteiger partial charge in [-0.1, -0.05) is 0 Å². The quantitative estimate of drug-likeness (QED) is 0.390. The number of nitrogens with two attached hydrogens (primary N) is 1. The van der Waals surface area contributed by atoms with Crippen molar-refractivity contribution in [2.75, 3.05) is 13.1 Å². The molecule has 0 radical (unpaired) electrons. The highest BCUT2D eigenvalue weighted by Gasteiger charge is 2.03. The van der Waals surface area contributed by atoms with Gasteiger partial charge in [0.05, 0.1) is 6.54 Å². The number of quaternary nitrogens is 1. The van der Waals surface area contributed by atoms with Gasteiger partial charge in [-0.25, -0.2) is 4.79 Å². The van der Waals surface area contributed by atoms with Crippen LogP contribution in [0.5, 0.6) is 0 Å². The molecule has 0 unspecified atom stereocenters. The number of hydrogen-bond donors (Lipinski definition) is 4. The van der Waals surface area contributed by atoms with Crippen molar-refractivity contribution in [1.29, 1.82) is 0 Å². The first-order valence-corrected chi connectivity index (χ1v) is 4.18. The lowest BCUT2D eigenvalue weighted by atomic mass is 10.1. The number of carbonyl (C=O) groups is 1. The highest BCUT2D eigenvalue weighted by molar-refractivity contribution is 5.64. The lowest BCUT2D eigenvalue weighted by molar-refractivity contribution is -0.368. The van der Waals surface area contributed by atoms with Gasteiger partial charge in [-0.2, -0.15) is 0 Å². The van der Waals surface area contributed by atoms with Crippen LogP contribution in [0.3, 0.4) is 0 Å². The molecule has 1 atom stereocenters. The van der Waals surface area contributed by atoms with Crippen molar-refractivity contribution in [1.82, 2.24) is 5.32 Å². The summed E-state index contributed by atoms with van der Waals surface area (Å²) < 4.78 is 0. The Kier molecular flexibility index (Phi) is 6.41. The predicted octanol–water partition coefficient (Wildman–Crippen LogP) is -1.01. The highest BCUT2D eigenvalue weighted by atomic mass is 16.4. The fraction of sp³-hybridized carbons (Fsp3) is 0.857. The summed E-state index contributed by atoms with van der Waals surface area (Å²) in [6, 6.07) is -0.0624. The molecule has 0 saturated heterocycles. The van der Waals surface area contributed by atoms with Crippen molar-refractivity contribution in [2.24, 2.45) is 5.73 Å². The average molecular weight is 176 g/mol. The topological polar surface area (TPSA) is 103 Å². The molecule has 0 aromatic carbocycles. The van der Waals surface area contributed by atoms with Crippen LogP contribution in [-0.2, 0) is 0 Å². The number of hydrogen-bond acceptors (Lipinski definition) is 2. The van der Waals surface area contributed by atoms with Gasteiger partial charge in [-0.05, 0) is 19.3 Å². The number of carboxylic acid groups (broad SMARTS) is 1. The van der Waals surface area contributed by atoms with E-state index in [4.69, 9.17) is 10.8 Å².